The zero-order valence-electron chi connectivity index (χ0n) is 19.4. The topological polar surface area (TPSA) is 8.17 Å². The van der Waals surface area contributed by atoms with Crippen LogP contribution in [0.5, 0.6) is 0 Å². The smallest absolute Gasteiger partial charge is 0.0542 e. The first-order valence-corrected chi connectivity index (χ1v) is 11.7. The number of nitrogens with zero attached hydrogens (tertiary/aromatic N) is 2. The van der Waals surface area contributed by atoms with Gasteiger partial charge in [-0.3, -0.25) is 0 Å². The van der Waals surface area contributed by atoms with Gasteiger partial charge in [-0.25, -0.2) is 0 Å². The number of rotatable bonds is 4. The van der Waals surface area contributed by atoms with Crippen LogP contribution in [0.1, 0.15) is 11.1 Å². The lowest BCUT2D eigenvalue weighted by atomic mass is 10.1. The molecule has 0 saturated heterocycles. The SMILES string of the molecule is Cc1ccc(N(c2ccc(C)cc2)c2ccc3c(c2)c2ccccc2n3-c2ccccc2)cc1. The Morgan fingerprint density at radius 1 is 0.471 bits per heavy atom. The van der Waals surface area contributed by atoms with Crippen LogP contribution in [0.2, 0.25) is 0 Å². The van der Waals surface area contributed by atoms with E-state index in [4.69, 9.17) is 0 Å². The standard InChI is InChI=1S/C32H26N2/c1-23-12-16-26(17-13-23)33(27-18-14-24(2)15-19-27)28-20-21-32-30(22-28)29-10-6-7-11-31(29)34(32)25-8-4-3-5-9-25/h3-22H,1-2H3. The summed E-state index contributed by atoms with van der Waals surface area (Å²) < 4.78 is 2.36. The summed E-state index contributed by atoms with van der Waals surface area (Å²) in [5.41, 5.74) is 9.58. The molecular weight excluding hydrogens is 412 g/mol. The van der Waals surface area contributed by atoms with Gasteiger partial charge in [0.25, 0.3) is 0 Å². The van der Waals surface area contributed by atoms with Gasteiger partial charge < -0.3 is 9.47 Å². The molecule has 6 aromatic rings. The second kappa shape index (κ2) is 8.24. The van der Waals surface area contributed by atoms with Crippen LogP contribution < -0.4 is 4.90 Å². The molecule has 0 spiro atoms. The van der Waals surface area contributed by atoms with Gasteiger partial charge in [0.15, 0.2) is 0 Å². The molecule has 0 atom stereocenters. The second-order valence-electron chi connectivity index (χ2n) is 8.90. The Balaban J connectivity index is 1.60. The number of para-hydroxylation sites is 2. The van der Waals surface area contributed by atoms with Crippen molar-refractivity contribution in [3.05, 3.63) is 132 Å². The van der Waals surface area contributed by atoms with Crippen molar-refractivity contribution in [3.8, 4) is 5.69 Å². The van der Waals surface area contributed by atoms with E-state index < -0.39 is 0 Å². The molecule has 0 radical (unpaired) electrons. The Bertz CT molecular complexity index is 1550. The van der Waals surface area contributed by atoms with Crippen LogP contribution in [0.15, 0.2) is 121 Å². The third kappa shape index (κ3) is 3.45. The number of aromatic nitrogens is 1. The van der Waals surface area contributed by atoms with Crippen LogP contribution in [0.25, 0.3) is 27.5 Å². The van der Waals surface area contributed by atoms with Crippen molar-refractivity contribution >= 4 is 38.9 Å². The van der Waals surface area contributed by atoms with Crippen molar-refractivity contribution in [2.45, 2.75) is 13.8 Å². The van der Waals surface area contributed by atoms with Crippen LogP contribution >= 0.6 is 0 Å². The Kier molecular flexibility index (Phi) is 4.92. The van der Waals surface area contributed by atoms with E-state index in [1.54, 1.807) is 0 Å². The van der Waals surface area contributed by atoms with Gasteiger partial charge in [0.05, 0.1) is 11.0 Å². The molecule has 2 heteroatoms. The zero-order valence-corrected chi connectivity index (χ0v) is 19.4. The first-order chi connectivity index (χ1) is 16.7. The highest BCUT2D eigenvalue weighted by molar-refractivity contribution is 6.10. The van der Waals surface area contributed by atoms with Gasteiger partial charge in [-0.1, -0.05) is 71.8 Å². The molecule has 164 valence electrons. The summed E-state index contributed by atoms with van der Waals surface area (Å²) in [7, 11) is 0. The quantitative estimate of drug-likeness (QED) is 0.267. The summed E-state index contributed by atoms with van der Waals surface area (Å²) in [6.07, 6.45) is 0. The van der Waals surface area contributed by atoms with Crippen LogP contribution in [0.3, 0.4) is 0 Å². The first-order valence-electron chi connectivity index (χ1n) is 11.7. The molecule has 0 aliphatic heterocycles. The van der Waals surface area contributed by atoms with E-state index in [0.29, 0.717) is 0 Å². The van der Waals surface area contributed by atoms with Crippen molar-refractivity contribution in [1.29, 1.82) is 0 Å². The normalized spacial score (nSPS) is 11.2. The van der Waals surface area contributed by atoms with Crippen molar-refractivity contribution in [2.75, 3.05) is 4.90 Å². The third-order valence-corrected chi connectivity index (χ3v) is 6.51. The van der Waals surface area contributed by atoms with Gasteiger partial charge in [0, 0.05) is 33.5 Å². The fourth-order valence-corrected chi connectivity index (χ4v) is 4.79. The number of aryl methyl sites for hydroxylation is 2. The molecule has 0 bridgehead atoms. The molecule has 0 unspecified atom stereocenters. The number of benzene rings is 5. The predicted octanol–water partition coefficient (Wildman–Crippen LogP) is 8.87. The van der Waals surface area contributed by atoms with Crippen LogP contribution in [-0.2, 0) is 0 Å². The van der Waals surface area contributed by atoms with Crippen LogP contribution in [0, 0.1) is 13.8 Å². The van der Waals surface area contributed by atoms with Crippen molar-refractivity contribution in [2.24, 2.45) is 0 Å². The maximum atomic E-state index is 2.36. The maximum Gasteiger partial charge on any atom is 0.0542 e. The van der Waals surface area contributed by atoms with E-state index in [-0.39, 0.29) is 0 Å². The summed E-state index contributed by atoms with van der Waals surface area (Å²) >= 11 is 0. The highest BCUT2D eigenvalue weighted by atomic mass is 15.1. The molecule has 5 aromatic carbocycles. The van der Waals surface area contributed by atoms with E-state index in [2.05, 4.69) is 145 Å². The van der Waals surface area contributed by atoms with Crippen molar-refractivity contribution in [3.63, 3.8) is 0 Å². The maximum absolute atomic E-state index is 2.36. The molecule has 0 aliphatic carbocycles. The number of anilines is 3. The predicted molar refractivity (Wildman–Crippen MR) is 145 cm³/mol. The molecule has 0 saturated carbocycles. The summed E-state index contributed by atoms with van der Waals surface area (Å²) in [5, 5.41) is 2.51. The van der Waals surface area contributed by atoms with E-state index in [1.807, 2.05) is 0 Å². The molecule has 2 nitrogen and oxygen atoms in total. The number of hydrogen-bond acceptors (Lipinski definition) is 1. The Labute approximate surface area is 200 Å². The molecule has 1 aromatic heterocycles. The molecule has 6 rings (SSSR count). The lowest BCUT2D eigenvalue weighted by Gasteiger charge is -2.26. The van der Waals surface area contributed by atoms with E-state index in [1.165, 1.54) is 38.6 Å². The summed E-state index contributed by atoms with van der Waals surface area (Å²) in [5.74, 6) is 0. The minimum atomic E-state index is 1.15. The summed E-state index contributed by atoms with van der Waals surface area (Å²) in [6.45, 7) is 4.26. The summed E-state index contributed by atoms with van der Waals surface area (Å²) in [4.78, 5) is 2.34. The highest BCUT2D eigenvalue weighted by Crippen LogP contribution is 2.39. The molecule has 34 heavy (non-hydrogen) atoms. The fourth-order valence-electron chi connectivity index (χ4n) is 4.79. The molecule has 0 aliphatic rings. The van der Waals surface area contributed by atoms with Crippen LogP contribution in [-0.4, -0.2) is 4.57 Å². The zero-order chi connectivity index (χ0) is 23.1. The first kappa shape index (κ1) is 20.3. The Morgan fingerprint density at radius 3 is 1.65 bits per heavy atom. The fraction of sp³-hybridized carbons (Fsp3) is 0.0625. The summed E-state index contributed by atoms with van der Waals surface area (Å²) in [6, 6.07) is 43.6. The molecule has 0 amide bonds. The van der Waals surface area contributed by atoms with E-state index in [0.717, 1.165) is 17.1 Å². The average molecular weight is 439 g/mol. The van der Waals surface area contributed by atoms with Gasteiger partial charge in [-0.2, -0.15) is 0 Å². The van der Waals surface area contributed by atoms with E-state index >= 15 is 0 Å². The minimum Gasteiger partial charge on any atom is -0.310 e. The molecule has 0 N–H and O–H groups in total. The average Bonchev–Trinajstić information content (AvgIpc) is 3.21. The van der Waals surface area contributed by atoms with E-state index in [9.17, 15) is 0 Å². The highest BCUT2D eigenvalue weighted by Gasteiger charge is 2.17. The largest absolute Gasteiger partial charge is 0.310 e. The van der Waals surface area contributed by atoms with Gasteiger partial charge in [0.2, 0.25) is 0 Å². The third-order valence-electron chi connectivity index (χ3n) is 6.51. The lowest BCUT2D eigenvalue weighted by Crippen LogP contribution is -2.09. The number of hydrogen-bond donors (Lipinski definition) is 0. The van der Waals surface area contributed by atoms with Crippen molar-refractivity contribution in [1.82, 2.24) is 4.57 Å². The van der Waals surface area contributed by atoms with Gasteiger partial charge in [-0.05, 0) is 74.5 Å². The lowest BCUT2D eigenvalue weighted by molar-refractivity contribution is 1.18. The Morgan fingerprint density at radius 2 is 1.00 bits per heavy atom. The number of fused-ring (bicyclic) bond motifs is 3. The molecular formula is C32H26N2. The van der Waals surface area contributed by atoms with Crippen LogP contribution in [0.4, 0.5) is 17.1 Å². The minimum absolute atomic E-state index is 1.15. The molecule has 1 heterocycles. The van der Waals surface area contributed by atoms with Gasteiger partial charge in [0.1, 0.15) is 0 Å². The van der Waals surface area contributed by atoms with Crippen molar-refractivity contribution < 1.29 is 0 Å². The van der Waals surface area contributed by atoms with Gasteiger partial charge >= 0.3 is 0 Å². The van der Waals surface area contributed by atoms with Gasteiger partial charge in [-0.15, -0.1) is 0 Å². The second-order valence-corrected chi connectivity index (χ2v) is 8.90. The Hall–Kier alpha value is -4.30. The molecule has 0 fully saturated rings. The monoisotopic (exact) mass is 438 g/mol.